The highest BCUT2D eigenvalue weighted by atomic mass is 14.9. The van der Waals surface area contributed by atoms with Gasteiger partial charge in [0.1, 0.15) is 0 Å². The largest absolute Gasteiger partial charge is 0.264 e. The van der Waals surface area contributed by atoms with E-state index in [0.29, 0.717) is 5.82 Å². The molecule has 0 N–H and O–H groups in total. The molecule has 0 amide bonds. The summed E-state index contributed by atoms with van der Waals surface area (Å²) in [6, 6.07) is 68.0. The molecule has 11 rings (SSSR count). The topological polar surface area (TPSA) is 38.7 Å². The van der Waals surface area contributed by atoms with Gasteiger partial charge in [-0.3, -0.25) is 4.98 Å². The Labute approximate surface area is 352 Å². The molecule has 1 spiro atoms. The number of rotatable bonds is 7. The lowest BCUT2D eigenvalue weighted by atomic mass is 9.67. The van der Waals surface area contributed by atoms with E-state index in [-0.39, 0.29) is 5.41 Å². The molecule has 1 fully saturated rings. The van der Waals surface area contributed by atoms with E-state index in [4.69, 9.17) is 9.97 Å². The number of hydrogen-bond acceptors (Lipinski definition) is 3. The SMILES string of the molecule is c1ccc(-c2nc(-c3ccc(-c4ccc(-c5cccc(-c6ccc7c(c6)C6(CCCCC6)c6ccccc6-7)c5)cc4)cc3)cc(-c3ccc(-c4cccnc4)cc3)n2)cc1. The van der Waals surface area contributed by atoms with Gasteiger partial charge in [0.15, 0.2) is 5.82 Å². The number of aromatic nitrogens is 3. The molecule has 9 aromatic rings. The summed E-state index contributed by atoms with van der Waals surface area (Å²) in [5, 5.41) is 0. The van der Waals surface area contributed by atoms with Gasteiger partial charge in [0, 0.05) is 34.5 Å². The summed E-state index contributed by atoms with van der Waals surface area (Å²) < 4.78 is 0. The maximum Gasteiger partial charge on any atom is 0.160 e. The fraction of sp³-hybridized carbons (Fsp3) is 0.105. The first-order valence-corrected chi connectivity index (χ1v) is 21.2. The summed E-state index contributed by atoms with van der Waals surface area (Å²) in [4.78, 5) is 14.4. The van der Waals surface area contributed by atoms with Gasteiger partial charge in [0.2, 0.25) is 0 Å². The number of pyridine rings is 1. The Kier molecular flexibility index (Phi) is 9.08. The van der Waals surface area contributed by atoms with E-state index in [0.717, 1.165) is 39.2 Å². The predicted octanol–water partition coefficient (Wildman–Crippen LogP) is 14.8. The molecule has 2 aliphatic carbocycles. The van der Waals surface area contributed by atoms with Gasteiger partial charge in [-0.05, 0) is 104 Å². The molecule has 286 valence electrons. The number of nitrogens with zero attached hydrogens (tertiary/aromatic N) is 3. The van der Waals surface area contributed by atoms with Gasteiger partial charge in [0.25, 0.3) is 0 Å². The van der Waals surface area contributed by atoms with Crippen LogP contribution in [-0.2, 0) is 5.41 Å². The van der Waals surface area contributed by atoms with Crippen LogP contribution in [-0.4, -0.2) is 15.0 Å². The van der Waals surface area contributed by atoms with Crippen LogP contribution >= 0.6 is 0 Å². The fourth-order valence-electron chi connectivity index (χ4n) is 9.72. The van der Waals surface area contributed by atoms with E-state index in [1.807, 2.05) is 30.5 Å². The first kappa shape index (κ1) is 35.9. The summed E-state index contributed by atoms with van der Waals surface area (Å²) in [7, 11) is 0. The molecule has 0 atom stereocenters. The normalized spacial score (nSPS) is 13.8. The van der Waals surface area contributed by atoms with E-state index in [1.54, 1.807) is 11.8 Å². The molecule has 60 heavy (non-hydrogen) atoms. The Morgan fingerprint density at radius 3 is 1.48 bits per heavy atom. The van der Waals surface area contributed by atoms with Crippen molar-refractivity contribution in [1.82, 2.24) is 15.0 Å². The number of benzene rings is 7. The molecule has 2 aliphatic rings. The van der Waals surface area contributed by atoms with E-state index >= 15 is 0 Å². The Hall–Kier alpha value is -7.23. The van der Waals surface area contributed by atoms with Gasteiger partial charge in [-0.25, -0.2) is 9.97 Å². The molecular weight excluding hydrogens is 727 g/mol. The van der Waals surface area contributed by atoms with Crippen molar-refractivity contribution < 1.29 is 0 Å². The number of hydrogen-bond donors (Lipinski definition) is 0. The maximum atomic E-state index is 5.07. The first-order valence-electron chi connectivity index (χ1n) is 21.2. The van der Waals surface area contributed by atoms with Crippen molar-refractivity contribution in [3.05, 3.63) is 212 Å². The molecule has 2 aromatic heterocycles. The molecule has 0 radical (unpaired) electrons. The van der Waals surface area contributed by atoms with Crippen molar-refractivity contribution in [2.45, 2.75) is 37.5 Å². The average molecular weight is 770 g/mol. The Morgan fingerprint density at radius 2 is 0.833 bits per heavy atom. The zero-order chi connectivity index (χ0) is 39.9. The van der Waals surface area contributed by atoms with Crippen molar-refractivity contribution in [3.8, 4) is 89.5 Å². The van der Waals surface area contributed by atoms with Gasteiger partial charge in [0.05, 0.1) is 11.4 Å². The van der Waals surface area contributed by atoms with Crippen LogP contribution in [0.3, 0.4) is 0 Å². The smallest absolute Gasteiger partial charge is 0.160 e. The first-order chi connectivity index (χ1) is 29.7. The van der Waals surface area contributed by atoms with E-state index in [9.17, 15) is 0 Å². The minimum atomic E-state index is 0.156. The van der Waals surface area contributed by atoms with Crippen molar-refractivity contribution >= 4 is 0 Å². The van der Waals surface area contributed by atoms with Crippen molar-refractivity contribution in [2.75, 3.05) is 0 Å². The summed E-state index contributed by atoms with van der Waals surface area (Å²) in [6.45, 7) is 0. The molecule has 3 heteroatoms. The van der Waals surface area contributed by atoms with Gasteiger partial charge in [-0.15, -0.1) is 0 Å². The standard InChI is InChI=1S/C57H43N3/c1-3-11-45(12-4-1)56-59-54(37-55(60-56)44-28-24-42(25-29-44)49-15-10-34-58-38-49)43-26-22-40(23-27-43)39-18-20-41(21-19-39)46-13-9-14-47(35-46)48-30-31-51-50-16-5-6-17-52(50)57(53(51)36-48)32-7-2-8-33-57/h1,3-6,9-31,34-38H,2,7-8,32-33H2. The molecule has 0 saturated heterocycles. The van der Waals surface area contributed by atoms with Crippen molar-refractivity contribution in [3.63, 3.8) is 0 Å². The third kappa shape index (κ3) is 6.53. The zero-order valence-corrected chi connectivity index (χ0v) is 33.4. The molecule has 2 heterocycles. The average Bonchev–Trinajstić information content (AvgIpc) is 3.60. The van der Waals surface area contributed by atoms with E-state index in [1.165, 1.54) is 82.2 Å². The van der Waals surface area contributed by atoms with Crippen LogP contribution in [0.4, 0.5) is 0 Å². The molecule has 7 aromatic carbocycles. The highest BCUT2D eigenvalue weighted by Gasteiger charge is 2.43. The fourth-order valence-corrected chi connectivity index (χ4v) is 9.72. The third-order valence-electron chi connectivity index (χ3n) is 12.8. The minimum Gasteiger partial charge on any atom is -0.264 e. The Morgan fingerprint density at radius 1 is 0.333 bits per heavy atom. The molecule has 0 bridgehead atoms. The zero-order valence-electron chi connectivity index (χ0n) is 33.4. The summed E-state index contributed by atoms with van der Waals surface area (Å²) in [6.07, 6.45) is 10.1. The molecule has 0 aliphatic heterocycles. The molecule has 0 unspecified atom stereocenters. The highest BCUT2D eigenvalue weighted by Crippen LogP contribution is 2.56. The molecule has 1 saturated carbocycles. The van der Waals surface area contributed by atoms with Gasteiger partial charge >= 0.3 is 0 Å². The van der Waals surface area contributed by atoms with Crippen LogP contribution in [0.15, 0.2) is 200 Å². The van der Waals surface area contributed by atoms with Crippen LogP contribution in [0.2, 0.25) is 0 Å². The van der Waals surface area contributed by atoms with Crippen LogP contribution in [0.1, 0.15) is 43.2 Å². The van der Waals surface area contributed by atoms with E-state index in [2.05, 4.69) is 169 Å². The Bertz CT molecular complexity index is 2960. The van der Waals surface area contributed by atoms with Crippen LogP contribution in [0, 0.1) is 0 Å². The minimum absolute atomic E-state index is 0.156. The monoisotopic (exact) mass is 769 g/mol. The number of fused-ring (bicyclic) bond motifs is 5. The van der Waals surface area contributed by atoms with Crippen molar-refractivity contribution in [1.29, 1.82) is 0 Å². The summed E-state index contributed by atoms with van der Waals surface area (Å²) >= 11 is 0. The van der Waals surface area contributed by atoms with Gasteiger partial charge in [-0.2, -0.15) is 0 Å². The second-order valence-corrected chi connectivity index (χ2v) is 16.3. The lowest BCUT2D eigenvalue weighted by molar-refractivity contribution is 0.353. The van der Waals surface area contributed by atoms with Gasteiger partial charge in [-0.1, -0.05) is 183 Å². The van der Waals surface area contributed by atoms with Crippen LogP contribution < -0.4 is 0 Å². The molecule has 3 nitrogen and oxygen atoms in total. The lowest BCUT2D eigenvalue weighted by Gasteiger charge is -2.36. The molecular formula is C57H43N3. The van der Waals surface area contributed by atoms with E-state index < -0.39 is 0 Å². The predicted molar refractivity (Wildman–Crippen MR) is 247 cm³/mol. The summed E-state index contributed by atoms with van der Waals surface area (Å²) in [5.41, 5.74) is 20.5. The van der Waals surface area contributed by atoms with Crippen molar-refractivity contribution in [2.24, 2.45) is 0 Å². The van der Waals surface area contributed by atoms with Gasteiger partial charge < -0.3 is 0 Å². The van der Waals surface area contributed by atoms with Crippen LogP contribution in [0.5, 0.6) is 0 Å². The third-order valence-corrected chi connectivity index (χ3v) is 12.8. The second-order valence-electron chi connectivity index (χ2n) is 16.3. The highest BCUT2D eigenvalue weighted by molar-refractivity contribution is 5.85. The summed E-state index contributed by atoms with van der Waals surface area (Å²) in [5.74, 6) is 0.707. The Balaban J connectivity index is 0.861. The van der Waals surface area contributed by atoms with Crippen LogP contribution in [0.25, 0.3) is 89.5 Å². The second kappa shape index (κ2) is 15.2. The quantitative estimate of drug-likeness (QED) is 0.162. The maximum absolute atomic E-state index is 5.07. The lowest BCUT2D eigenvalue weighted by Crippen LogP contribution is -2.28.